The average molecular weight is 286 g/mol. The Labute approximate surface area is 115 Å². The van der Waals surface area contributed by atoms with Gasteiger partial charge in [-0.05, 0) is 44.5 Å². The average Bonchev–Trinajstić information content (AvgIpc) is 2.28. The van der Waals surface area contributed by atoms with E-state index in [4.69, 9.17) is 5.11 Å². The van der Waals surface area contributed by atoms with Gasteiger partial charge in [-0.2, -0.15) is 0 Å². The Bertz CT molecular complexity index is 507. The van der Waals surface area contributed by atoms with Gasteiger partial charge in [0.25, 0.3) is 0 Å². The minimum Gasteiger partial charge on any atom is -0.396 e. The molecule has 0 saturated heterocycles. The zero-order chi connectivity index (χ0) is 14.7. The summed E-state index contributed by atoms with van der Waals surface area (Å²) in [5, 5.41) is 12.2. The Kier molecular flexibility index (Phi) is 4.95. The van der Waals surface area contributed by atoms with E-state index in [1.807, 2.05) is 13.8 Å². The highest BCUT2D eigenvalue weighted by atomic mass is 32.2. The highest BCUT2D eigenvalue weighted by molar-refractivity contribution is 7.89. The summed E-state index contributed by atoms with van der Waals surface area (Å²) < 4.78 is 25.0. The molecule has 1 aromatic carbocycles. The molecule has 0 aliphatic heterocycles. The van der Waals surface area contributed by atoms with E-state index in [0.29, 0.717) is 6.42 Å². The van der Waals surface area contributed by atoms with Crippen LogP contribution >= 0.6 is 0 Å². The van der Waals surface area contributed by atoms with Crippen LogP contribution in [0.1, 0.15) is 20.3 Å². The molecule has 0 saturated carbocycles. The first-order valence-electron chi connectivity index (χ1n) is 6.11. The van der Waals surface area contributed by atoms with Crippen molar-refractivity contribution in [3.05, 3.63) is 24.3 Å². The summed E-state index contributed by atoms with van der Waals surface area (Å²) in [5.74, 6) is 0. The molecule has 0 bridgehead atoms. The van der Waals surface area contributed by atoms with E-state index in [1.54, 1.807) is 24.3 Å². The number of hydrogen-bond acceptors (Lipinski definition) is 4. The van der Waals surface area contributed by atoms with Crippen molar-refractivity contribution in [1.29, 1.82) is 0 Å². The SMILES string of the molecule is CN(C)S(=O)(=O)c1ccc(NC(C)(C)CCO)cc1. The molecular formula is C13H22N2O3S. The predicted molar refractivity (Wildman–Crippen MR) is 76.7 cm³/mol. The summed E-state index contributed by atoms with van der Waals surface area (Å²) >= 11 is 0. The molecule has 1 rings (SSSR count). The second-order valence-electron chi connectivity index (χ2n) is 5.29. The molecule has 0 radical (unpaired) electrons. The molecule has 2 N–H and O–H groups in total. The molecular weight excluding hydrogens is 264 g/mol. The van der Waals surface area contributed by atoms with Gasteiger partial charge in [-0.25, -0.2) is 12.7 Å². The summed E-state index contributed by atoms with van der Waals surface area (Å²) in [5.41, 5.74) is 0.590. The first-order valence-corrected chi connectivity index (χ1v) is 7.55. The van der Waals surface area contributed by atoms with E-state index in [9.17, 15) is 8.42 Å². The summed E-state index contributed by atoms with van der Waals surface area (Å²) in [7, 11) is -0.370. The highest BCUT2D eigenvalue weighted by Gasteiger charge is 2.19. The van der Waals surface area contributed by atoms with Gasteiger partial charge in [0, 0.05) is 31.9 Å². The first-order chi connectivity index (χ1) is 8.69. The van der Waals surface area contributed by atoms with Crippen molar-refractivity contribution in [2.24, 2.45) is 0 Å². The molecule has 108 valence electrons. The lowest BCUT2D eigenvalue weighted by Gasteiger charge is -2.26. The maximum absolute atomic E-state index is 11.9. The van der Waals surface area contributed by atoms with Crippen molar-refractivity contribution in [2.75, 3.05) is 26.0 Å². The van der Waals surface area contributed by atoms with E-state index in [0.717, 1.165) is 5.69 Å². The van der Waals surface area contributed by atoms with Gasteiger partial charge in [-0.1, -0.05) is 0 Å². The Morgan fingerprint density at radius 3 is 2.16 bits per heavy atom. The molecule has 0 aliphatic rings. The summed E-state index contributed by atoms with van der Waals surface area (Å²) in [4.78, 5) is 0.267. The van der Waals surface area contributed by atoms with Gasteiger partial charge in [0.05, 0.1) is 4.90 Å². The molecule has 0 heterocycles. The number of anilines is 1. The van der Waals surface area contributed by atoms with Crippen LogP contribution in [0.4, 0.5) is 5.69 Å². The molecule has 0 amide bonds. The van der Waals surface area contributed by atoms with E-state index in [-0.39, 0.29) is 17.0 Å². The molecule has 19 heavy (non-hydrogen) atoms. The Morgan fingerprint density at radius 1 is 1.21 bits per heavy atom. The van der Waals surface area contributed by atoms with Crippen LogP contribution in [0.2, 0.25) is 0 Å². The second-order valence-corrected chi connectivity index (χ2v) is 7.45. The normalized spacial score (nSPS) is 12.7. The number of sulfonamides is 1. The molecule has 6 heteroatoms. The number of nitrogens with zero attached hydrogens (tertiary/aromatic N) is 1. The van der Waals surface area contributed by atoms with Crippen LogP contribution in [0, 0.1) is 0 Å². The Balaban J connectivity index is 2.89. The quantitative estimate of drug-likeness (QED) is 0.831. The van der Waals surface area contributed by atoms with Gasteiger partial charge in [0.2, 0.25) is 10.0 Å². The Hall–Kier alpha value is -1.11. The fourth-order valence-corrected chi connectivity index (χ4v) is 2.56. The van der Waals surface area contributed by atoms with Crippen molar-refractivity contribution in [3.8, 4) is 0 Å². The topological polar surface area (TPSA) is 69.6 Å². The number of rotatable bonds is 6. The third-order valence-electron chi connectivity index (χ3n) is 2.85. The lowest BCUT2D eigenvalue weighted by atomic mass is 10.0. The van der Waals surface area contributed by atoms with Crippen LogP contribution in [0.25, 0.3) is 0 Å². The predicted octanol–water partition coefficient (Wildman–Crippen LogP) is 1.51. The van der Waals surface area contributed by atoms with Crippen LogP contribution in [-0.2, 0) is 10.0 Å². The molecule has 1 aromatic rings. The minimum atomic E-state index is -3.38. The van der Waals surface area contributed by atoms with Gasteiger partial charge in [-0.3, -0.25) is 0 Å². The number of aliphatic hydroxyl groups excluding tert-OH is 1. The molecule has 0 aromatic heterocycles. The lowest BCUT2D eigenvalue weighted by Crippen LogP contribution is -2.31. The van der Waals surface area contributed by atoms with E-state index >= 15 is 0 Å². The third kappa shape index (κ3) is 4.19. The van der Waals surface area contributed by atoms with Crippen LogP contribution in [0.5, 0.6) is 0 Å². The molecule has 0 unspecified atom stereocenters. The summed E-state index contributed by atoms with van der Waals surface area (Å²) in [6.07, 6.45) is 0.616. The maximum Gasteiger partial charge on any atom is 0.242 e. The lowest BCUT2D eigenvalue weighted by molar-refractivity contribution is 0.261. The van der Waals surface area contributed by atoms with E-state index in [2.05, 4.69) is 5.32 Å². The van der Waals surface area contributed by atoms with Crippen molar-refractivity contribution >= 4 is 15.7 Å². The standard InChI is InChI=1S/C13H22N2O3S/c1-13(2,9-10-16)14-11-5-7-12(8-6-11)19(17,18)15(3)4/h5-8,14,16H,9-10H2,1-4H3. The van der Waals surface area contributed by atoms with E-state index in [1.165, 1.54) is 18.4 Å². The second kappa shape index (κ2) is 5.90. The molecule has 0 atom stereocenters. The third-order valence-corrected chi connectivity index (χ3v) is 4.68. The van der Waals surface area contributed by atoms with Crippen molar-refractivity contribution in [2.45, 2.75) is 30.7 Å². The van der Waals surface area contributed by atoms with Crippen LogP contribution < -0.4 is 5.32 Å². The van der Waals surface area contributed by atoms with Gasteiger partial charge in [0.15, 0.2) is 0 Å². The summed E-state index contributed by atoms with van der Waals surface area (Å²) in [6.45, 7) is 4.06. The smallest absolute Gasteiger partial charge is 0.242 e. The van der Waals surface area contributed by atoms with E-state index < -0.39 is 10.0 Å². The fourth-order valence-electron chi connectivity index (χ4n) is 1.65. The first kappa shape index (κ1) is 15.9. The molecule has 0 spiro atoms. The van der Waals surface area contributed by atoms with Crippen molar-refractivity contribution in [1.82, 2.24) is 4.31 Å². The Morgan fingerprint density at radius 2 is 1.74 bits per heavy atom. The van der Waals surface area contributed by atoms with Gasteiger partial charge in [-0.15, -0.1) is 0 Å². The number of benzene rings is 1. The number of aliphatic hydroxyl groups is 1. The van der Waals surface area contributed by atoms with Crippen LogP contribution in [0.3, 0.4) is 0 Å². The van der Waals surface area contributed by atoms with Crippen LogP contribution in [0.15, 0.2) is 29.2 Å². The number of nitrogens with one attached hydrogen (secondary N) is 1. The summed E-state index contributed by atoms with van der Waals surface area (Å²) in [6, 6.07) is 6.62. The number of hydrogen-bond donors (Lipinski definition) is 2. The molecule has 5 nitrogen and oxygen atoms in total. The molecule has 0 fully saturated rings. The van der Waals surface area contributed by atoms with Crippen molar-refractivity contribution < 1.29 is 13.5 Å². The van der Waals surface area contributed by atoms with Crippen LogP contribution in [-0.4, -0.2) is 44.1 Å². The van der Waals surface area contributed by atoms with Crippen molar-refractivity contribution in [3.63, 3.8) is 0 Å². The largest absolute Gasteiger partial charge is 0.396 e. The fraction of sp³-hybridized carbons (Fsp3) is 0.538. The monoisotopic (exact) mass is 286 g/mol. The zero-order valence-corrected chi connectivity index (χ0v) is 12.7. The minimum absolute atomic E-state index is 0.104. The van der Waals surface area contributed by atoms with Gasteiger partial charge < -0.3 is 10.4 Å². The highest BCUT2D eigenvalue weighted by Crippen LogP contribution is 2.21. The molecule has 0 aliphatic carbocycles. The van der Waals surface area contributed by atoms with Gasteiger partial charge in [0.1, 0.15) is 0 Å². The maximum atomic E-state index is 11.9. The zero-order valence-electron chi connectivity index (χ0n) is 11.8. The van der Waals surface area contributed by atoms with Gasteiger partial charge >= 0.3 is 0 Å².